The number of halogens is 4. The van der Waals surface area contributed by atoms with Crippen molar-refractivity contribution in [3.8, 4) is 0 Å². The molecule has 0 amide bonds. The van der Waals surface area contributed by atoms with Crippen LogP contribution >= 0.6 is 27.5 Å². The first-order valence-corrected chi connectivity index (χ1v) is 4.84. The summed E-state index contributed by atoms with van der Waals surface area (Å²) in [5.41, 5.74) is 5.72. The van der Waals surface area contributed by atoms with Crippen LogP contribution < -0.4 is 5.73 Å². The maximum absolute atomic E-state index is 12.3. The van der Waals surface area contributed by atoms with E-state index in [-0.39, 0.29) is 16.3 Å². The second kappa shape index (κ2) is 4.19. The van der Waals surface area contributed by atoms with Gasteiger partial charge in [-0.1, -0.05) is 27.5 Å². The Balaban J connectivity index is 3.23. The lowest BCUT2D eigenvalue weighted by atomic mass is 10.2. The molecule has 0 unspecified atom stereocenters. The molecule has 72 valence electrons. The first-order chi connectivity index (χ1) is 6.07. The lowest BCUT2D eigenvalue weighted by Gasteiger charge is -2.07. The molecule has 0 radical (unpaired) electrons. The van der Waals surface area contributed by atoms with Crippen LogP contribution in [0.25, 0.3) is 0 Å². The highest BCUT2D eigenvalue weighted by Crippen LogP contribution is 2.32. The molecule has 0 fully saturated rings. The average Bonchev–Trinajstić information content (AvgIpc) is 2.09. The standard InChI is InChI=1S/C7H6BrClF2N2/c8-1-4-6(12)5(9)3(2-13-4)7(10)11/h2,7H,1,12H2. The zero-order valence-corrected chi connectivity index (χ0v) is 8.74. The molecule has 1 heterocycles. The van der Waals surface area contributed by atoms with Crippen LogP contribution in [0.5, 0.6) is 0 Å². The second-order valence-corrected chi connectivity index (χ2v) is 3.26. The Morgan fingerprint density at radius 2 is 2.23 bits per heavy atom. The van der Waals surface area contributed by atoms with Crippen molar-refractivity contribution >= 4 is 33.2 Å². The number of anilines is 1. The van der Waals surface area contributed by atoms with Crippen LogP contribution in [0.15, 0.2) is 6.20 Å². The fourth-order valence-electron chi connectivity index (χ4n) is 0.814. The molecule has 2 N–H and O–H groups in total. The fourth-order valence-corrected chi connectivity index (χ4v) is 1.50. The largest absolute Gasteiger partial charge is 0.396 e. The minimum Gasteiger partial charge on any atom is -0.396 e. The Bertz CT molecular complexity index is 320. The van der Waals surface area contributed by atoms with Gasteiger partial charge in [-0.2, -0.15) is 0 Å². The van der Waals surface area contributed by atoms with E-state index in [0.29, 0.717) is 11.0 Å². The molecule has 0 bridgehead atoms. The summed E-state index contributed by atoms with van der Waals surface area (Å²) in [6.45, 7) is 0. The Labute approximate surface area is 87.2 Å². The van der Waals surface area contributed by atoms with E-state index < -0.39 is 6.43 Å². The van der Waals surface area contributed by atoms with Crippen LogP contribution in [0.2, 0.25) is 5.02 Å². The molecule has 2 nitrogen and oxygen atoms in total. The van der Waals surface area contributed by atoms with Crippen molar-refractivity contribution in [1.29, 1.82) is 0 Å². The highest BCUT2D eigenvalue weighted by Gasteiger charge is 2.16. The van der Waals surface area contributed by atoms with Crippen molar-refractivity contribution in [3.63, 3.8) is 0 Å². The molecule has 0 aliphatic carbocycles. The van der Waals surface area contributed by atoms with E-state index >= 15 is 0 Å². The van der Waals surface area contributed by atoms with Gasteiger partial charge in [0.2, 0.25) is 0 Å². The molecular formula is C7H6BrClF2N2. The highest BCUT2D eigenvalue weighted by molar-refractivity contribution is 9.08. The van der Waals surface area contributed by atoms with Crippen LogP contribution in [0.3, 0.4) is 0 Å². The Hall–Kier alpha value is -0.420. The lowest BCUT2D eigenvalue weighted by Crippen LogP contribution is -2.00. The summed E-state index contributed by atoms with van der Waals surface area (Å²) >= 11 is 8.72. The highest BCUT2D eigenvalue weighted by atomic mass is 79.9. The van der Waals surface area contributed by atoms with Gasteiger partial charge in [-0.05, 0) is 0 Å². The average molecular weight is 271 g/mol. The van der Waals surface area contributed by atoms with Crippen molar-refractivity contribution < 1.29 is 8.78 Å². The number of hydrogen-bond acceptors (Lipinski definition) is 2. The molecule has 0 aliphatic heterocycles. The van der Waals surface area contributed by atoms with Crippen LogP contribution in [0.1, 0.15) is 17.7 Å². The smallest absolute Gasteiger partial charge is 0.266 e. The van der Waals surface area contributed by atoms with Gasteiger partial charge in [0.05, 0.1) is 22.0 Å². The first kappa shape index (κ1) is 10.7. The third-order valence-electron chi connectivity index (χ3n) is 1.52. The number of alkyl halides is 3. The van der Waals surface area contributed by atoms with E-state index in [4.69, 9.17) is 17.3 Å². The van der Waals surface area contributed by atoms with Gasteiger partial charge in [0, 0.05) is 11.5 Å². The normalized spacial score (nSPS) is 10.8. The zero-order chi connectivity index (χ0) is 10.0. The molecule has 0 aromatic carbocycles. The number of aromatic nitrogens is 1. The Morgan fingerprint density at radius 3 is 2.69 bits per heavy atom. The van der Waals surface area contributed by atoms with Crippen molar-refractivity contribution in [2.45, 2.75) is 11.8 Å². The summed E-state index contributed by atoms with van der Waals surface area (Å²) in [5, 5.41) is 0.279. The molecule has 1 rings (SSSR count). The van der Waals surface area contributed by atoms with Crippen molar-refractivity contribution in [2.24, 2.45) is 0 Å². The van der Waals surface area contributed by atoms with E-state index in [1.165, 1.54) is 0 Å². The van der Waals surface area contributed by atoms with Crippen LogP contribution in [0.4, 0.5) is 14.5 Å². The summed E-state index contributed by atoms with van der Waals surface area (Å²) in [4.78, 5) is 3.74. The molecular weight excluding hydrogens is 265 g/mol. The molecule has 13 heavy (non-hydrogen) atoms. The van der Waals surface area contributed by atoms with Gasteiger partial charge in [-0.3, -0.25) is 4.98 Å². The van der Waals surface area contributed by atoms with Crippen LogP contribution in [-0.2, 0) is 5.33 Å². The summed E-state index contributed by atoms with van der Waals surface area (Å²) in [6, 6.07) is 0. The van der Waals surface area contributed by atoms with Crippen molar-refractivity contribution in [1.82, 2.24) is 4.98 Å². The van der Waals surface area contributed by atoms with Gasteiger partial charge in [0.25, 0.3) is 6.43 Å². The predicted octanol–water partition coefficient (Wildman–Crippen LogP) is 3.15. The van der Waals surface area contributed by atoms with E-state index in [9.17, 15) is 8.78 Å². The van der Waals surface area contributed by atoms with E-state index in [0.717, 1.165) is 6.20 Å². The molecule has 1 aromatic rings. The topological polar surface area (TPSA) is 38.9 Å². The maximum Gasteiger partial charge on any atom is 0.266 e. The number of rotatable bonds is 2. The fraction of sp³-hybridized carbons (Fsp3) is 0.286. The molecule has 0 aliphatic rings. The monoisotopic (exact) mass is 270 g/mol. The molecule has 0 saturated heterocycles. The van der Waals surface area contributed by atoms with Crippen LogP contribution in [-0.4, -0.2) is 4.98 Å². The summed E-state index contributed by atoms with van der Waals surface area (Å²) in [7, 11) is 0. The predicted molar refractivity (Wildman–Crippen MR) is 51.2 cm³/mol. The first-order valence-electron chi connectivity index (χ1n) is 3.34. The van der Waals surface area contributed by atoms with Gasteiger partial charge in [0.1, 0.15) is 0 Å². The Kier molecular flexibility index (Phi) is 3.44. The minimum absolute atomic E-state index is 0.108. The summed E-state index contributed by atoms with van der Waals surface area (Å²) in [6.07, 6.45) is -1.60. The van der Waals surface area contributed by atoms with Gasteiger partial charge < -0.3 is 5.73 Å². The van der Waals surface area contributed by atoms with E-state index in [1.807, 2.05) is 0 Å². The van der Waals surface area contributed by atoms with Gasteiger partial charge in [-0.15, -0.1) is 0 Å². The van der Waals surface area contributed by atoms with Gasteiger partial charge in [0.15, 0.2) is 0 Å². The molecule has 0 spiro atoms. The SMILES string of the molecule is Nc1c(CBr)ncc(C(F)F)c1Cl. The zero-order valence-electron chi connectivity index (χ0n) is 6.40. The third kappa shape index (κ3) is 2.08. The second-order valence-electron chi connectivity index (χ2n) is 2.32. The third-order valence-corrected chi connectivity index (χ3v) is 2.47. The van der Waals surface area contributed by atoms with Crippen LogP contribution in [0, 0.1) is 0 Å². The van der Waals surface area contributed by atoms with E-state index in [1.54, 1.807) is 0 Å². The van der Waals surface area contributed by atoms with Crippen molar-refractivity contribution in [2.75, 3.05) is 5.73 Å². The quantitative estimate of drug-likeness (QED) is 0.839. The number of nitrogen functional groups attached to an aromatic ring is 1. The summed E-state index contributed by atoms with van der Waals surface area (Å²) < 4.78 is 24.5. The van der Waals surface area contributed by atoms with E-state index in [2.05, 4.69) is 20.9 Å². The van der Waals surface area contributed by atoms with Gasteiger partial charge in [-0.25, -0.2) is 8.78 Å². The molecule has 6 heteroatoms. The maximum atomic E-state index is 12.3. The molecule has 0 saturated carbocycles. The number of nitrogens with zero attached hydrogens (tertiary/aromatic N) is 1. The minimum atomic E-state index is -2.65. The van der Waals surface area contributed by atoms with Gasteiger partial charge >= 0.3 is 0 Å². The van der Waals surface area contributed by atoms with Crippen molar-refractivity contribution in [3.05, 3.63) is 22.5 Å². The molecule has 1 aromatic heterocycles. The number of pyridine rings is 1. The summed E-state index contributed by atoms with van der Waals surface area (Å²) in [5.74, 6) is 0. The lowest BCUT2D eigenvalue weighted by molar-refractivity contribution is 0.151. The number of nitrogens with two attached hydrogens (primary N) is 1. The Morgan fingerprint density at radius 1 is 1.62 bits per heavy atom. The molecule has 0 atom stereocenters. The number of hydrogen-bond donors (Lipinski definition) is 1.